The normalized spacial score (nSPS) is 11.1. The summed E-state index contributed by atoms with van der Waals surface area (Å²) >= 11 is 3.11. The molecule has 0 radical (unpaired) electrons. The summed E-state index contributed by atoms with van der Waals surface area (Å²) in [6.07, 6.45) is 0.771. The largest absolute Gasteiger partial charge is 0.351 e. The van der Waals surface area contributed by atoms with Crippen molar-refractivity contribution in [2.24, 2.45) is 5.73 Å². The molecule has 0 bridgehead atoms. The number of carbonyl (C=O) groups is 1. The van der Waals surface area contributed by atoms with Crippen molar-refractivity contribution in [1.82, 2.24) is 10.3 Å². The number of nitrogens with zero attached hydrogens (tertiary/aromatic N) is 1. The molecule has 112 valence electrons. The number of thiophene rings is 1. The minimum atomic E-state index is -0.130. The first-order valence-corrected chi connectivity index (χ1v) is 7.46. The topological polar surface area (TPSA) is 68.0 Å². The number of nitrogens with one attached hydrogen (secondary N) is 1. The number of thiazole rings is 1. The molecular weight excluding hydrogens is 337 g/mol. The Morgan fingerprint density at radius 2 is 2.20 bits per heavy atom. The second kappa shape index (κ2) is 9.31. The molecule has 0 aromatic carbocycles. The van der Waals surface area contributed by atoms with Gasteiger partial charge in [-0.2, -0.15) is 0 Å². The molecule has 0 saturated heterocycles. The Morgan fingerprint density at radius 1 is 1.45 bits per heavy atom. The summed E-state index contributed by atoms with van der Waals surface area (Å²) in [6.45, 7) is 2.51. The van der Waals surface area contributed by atoms with Crippen LogP contribution in [0.3, 0.4) is 0 Å². The highest BCUT2D eigenvalue weighted by molar-refractivity contribution is 7.20. The van der Waals surface area contributed by atoms with E-state index in [-0.39, 0.29) is 36.8 Å². The third-order valence-corrected chi connectivity index (χ3v) is 4.24. The summed E-state index contributed by atoms with van der Waals surface area (Å²) in [7, 11) is 0. The van der Waals surface area contributed by atoms with E-state index >= 15 is 0 Å². The minimum Gasteiger partial charge on any atom is -0.351 e. The average molecular weight is 354 g/mol. The summed E-state index contributed by atoms with van der Waals surface area (Å²) < 4.78 is 0. The number of aromatic nitrogens is 1. The van der Waals surface area contributed by atoms with Gasteiger partial charge in [-0.05, 0) is 24.8 Å². The van der Waals surface area contributed by atoms with Crippen LogP contribution in [-0.2, 0) is 0 Å². The Morgan fingerprint density at radius 3 is 2.80 bits per heavy atom. The van der Waals surface area contributed by atoms with Crippen LogP contribution in [-0.4, -0.2) is 23.5 Å². The van der Waals surface area contributed by atoms with E-state index in [1.807, 2.05) is 24.4 Å². The molecule has 0 aliphatic rings. The zero-order valence-electron chi connectivity index (χ0n) is 10.9. The zero-order chi connectivity index (χ0) is 13.0. The van der Waals surface area contributed by atoms with Crippen molar-refractivity contribution < 1.29 is 4.79 Å². The summed E-state index contributed by atoms with van der Waals surface area (Å²) in [5, 5.41) is 7.50. The molecule has 0 saturated carbocycles. The average Bonchev–Trinajstić information content (AvgIpc) is 2.99. The first-order chi connectivity index (χ1) is 8.66. The number of rotatable bonds is 5. The first-order valence-electron chi connectivity index (χ1n) is 5.70. The van der Waals surface area contributed by atoms with Gasteiger partial charge in [0.1, 0.15) is 10.7 Å². The lowest BCUT2D eigenvalue weighted by atomic mass is 10.2. The van der Waals surface area contributed by atoms with Gasteiger partial charge in [0.2, 0.25) is 0 Å². The number of hydrogen-bond acceptors (Lipinski definition) is 5. The number of nitrogens with two attached hydrogens (primary N) is 1. The molecule has 0 aliphatic heterocycles. The van der Waals surface area contributed by atoms with Crippen LogP contribution in [0.4, 0.5) is 0 Å². The molecule has 8 heteroatoms. The Kier molecular flexibility index (Phi) is 9.00. The SMILES string of the molecule is CC(N)CCNC(=O)c1csc(-c2cccs2)n1.Cl.Cl. The van der Waals surface area contributed by atoms with Crippen LogP contribution >= 0.6 is 47.5 Å². The third-order valence-electron chi connectivity index (χ3n) is 2.35. The van der Waals surface area contributed by atoms with Crippen molar-refractivity contribution in [3.05, 3.63) is 28.6 Å². The third kappa shape index (κ3) is 5.38. The Labute approximate surface area is 138 Å². The van der Waals surface area contributed by atoms with Gasteiger partial charge >= 0.3 is 0 Å². The van der Waals surface area contributed by atoms with Crippen LogP contribution in [0.2, 0.25) is 0 Å². The van der Waals surface area contributed by atoms with Crippen molar-refractivity contribution in [2.45, 2.75) is 19.4 Å². The number of amides is 1. The van der Waals surface area contributed by atoms with E-state index in [1.165, 1.54) is 11.3 Å². The second-order valence-corrected chi connectivity index (χ2v) is 5.84. The standard InChI is InChI=1S/C12H15N3OS2.2ClH/c1-8(13)4-5-14-11(16)9-7-18-12(15-9)10-3-2-6-17-10;;/h2-3,6-8H,4-5,13H2,1H3,(H,14,16);2*1H. The van der Waals surface area contributed by atoms with Gasteiger partial charge in [0.05, 0.1) is 4.88 Å². The van der Waals surface area contributed by atoms with Crippen LogP contribution in [0.5, 0.6) is 0 Å². The lowest BCUT2D eigenvalue weighted by molar-refractivity contribution is 0.0948. The van der Waals surface area contributed by atoms with E-state index in [0.29, 0.717) is 12.2 Å². The maximum atomic E-state index is 11.8. The lowest BCUT2D eigenvalue weighted by Crippen LogP contribution is -2.29. The van der Waals surface area contributed by atoms with Crippen molar-refractivity contribution >= 4 is 53.4 Å². The predicted octanol–water partition coefficient (Wildman–Crippen LogP) is 3.18. The molecule has 4 nitrogen and oxygen atoms in total. The van der Waals surface area contributed by atoms with E-state index in [4.69, 9.17) is 5.73 Å². The van der Waals surface area contributed by atoms with Gasteiger partial charge in [-0.25, -0.2) is 4.98 Å². The van der Waals surface area contributed by atoms with Crippen molar-refractivity contribution in [1.29, 1.82) is 0 Å². The highest BCUT2D eigenvalue weighted by Crippen LogP contribution is 2.27. The van der Waals surface area contributed by atoms with E-state index in [2.05, 4.69) is 10.3 Å². The molecule has 1 unspecified atom stereocenters. The smallest absolute Gasteiger partial charge is 0.270 e. The van der Waals surface area contributed by atoms with Gasteiger partial charge in [-0.3, -0.25) is 4.79 Å². The molecule has 0 spiro atoms. The Hall–Kier alpha value is -0.660. The number of carbonyl (C=O) groups excluding carboxylic acids is 1. The molecule has 1 atom stereocenters. The molecule has 20 heavy (non-hydrogen) atoms. The van der Waals surface area contributed by atoms with Crippen LogP contribution in [0.25, 0.3) is 9.88 Å². The highest BCUT2D eigenvalue weighted by atomic mass is 35.5. The van der Waals surface area contributed by atoms with Crippen LogP contribution in [0.1, 0.15) is 23.8 Å². The van der Waals surface area contributed by atoms with E-state index in [0.717, 1.165) is 16.3 Å². The Bertz CT molecular complexity index is 515. The summed E-state index contributed by atoms with van der Waals surface area (Å²) in [6, 6.07) is 4.08. The fraction of sp³-hybridized carbons (Fsp3) is 0.333. The molecule has 3 N–H and O–H groups in total. The summed E-state index contributed by atoms with van der Waals surface area (Å²) in [4.78, 5) is 17.2. The van der Waals surface area contributed by atoms with Crippen LogP contribution in [0, 0.1) is 0 Å². The summed E-state index contributed by atoms with van der Waals surface area (Å²) in [5.74, 6) is -0.130. The van der Waals surface area contributed by atoms with Crippen LogP contribution in [0.15, 0.2) is 22.9 Å². The zero-order valence-corrected chi connectivity index (χ0v) is 14.1. The minimum absolute atomic E-state index is 0. The maximum absolute atomic E-state index is 11.8. The molecule has 0 fully saturated rings. The molecule has 2 rings (SSSR count). The predicted molar refractivity (Wildman–Crippen MR) is 90.5 cm³/mol. The fourth-order valence-corrected chi connectivity index (χ4v) is 3.01. The monoisotopic (exact) mass is 353 g/mol. The highest BCUT2D eigenvalue weighted by Gasteiger charge is 2.11. The molecule has 1 amide bonds. The molecular formula is C12H17Cl2N3OS2. The van der Waals surface area contributed by atoms with Gasteiger partial charge in [0, 0.05) is 18.0 Å². The molecule has 0 aliphatic carbocycles. The number of hydrogen-bond donors (Lipinski definition) is 2. The molecule has 2 aromatic rings. The van der Waals surface area contributed by atoms with E-state index in [1.54, 1.807) is 16.7 Å². The molecule has 2 heterocycles. The first kappa shape index (κ1) is 19.3. The summed E-state index contributed by atoms with van der Waals surface area (Å²) in [5.41, 5.74) is 6.10. The quantitative estimate of drug-likeness (QED) is 0.867. The van der Waals surface area contributed by atoms with Gasteiger partial charge in [0.25, 0.3) is 5.91 Å². The van der Waals surface area contributed by atoms with Crippen molar-refractivity contribution in [3.8, 4) is 9.88 Å². The fourth-order valence-electron chi connectivity index (χ4n) is 1.40. The lowest BCUT2D eigenvalue weighted by Gasteiger charge is -2.05. The van der Waals surface area contributed by atoms with Crippen LogP contribution < -0.4 is 11.1 Å². The van der Waals surface area contributed by atoms with E-state index in [9.17, 15) is 4.79 Å². The van der Waals surface area contributed by atoms with Crippen molar-refractivity contribution in [3.63, 3.8) is 0 Å². The van der Waals surface area contributed by atoms with Crippen molar-refractivity contribution in [2.75, 3.05) is 6.54 Å². The second-order valence-electron chi connectivity index (χ2n) is 4.04. The number of halogens is 2. The molecule has 2 aromatic heterocycles. The maximum Gasteiger partial charge on any atom is 0.270 e. The van der Waals surface area contributed by atoms with Gasteiger partial charge < -0.3 is 11.1 Å². The van der Waals surface area contributed by atoms with Gasteiger partial charge in [-0.1, -0.05) is 6.07 Å². The Balaban J connectivity index is 0.00000180. The van der Waals surface area contributed by atoms with E-state index < -0.39 is 0 Å². The van der Waals surface area contributed by atoms with Gasteiger partial charge in [0.15, 0.2) is 0 Å². The van der Waals surface area contributed by atoms with Gasteiger partial charge in [-0.15, -0.1) is 47.5 Å².